The zero-order chi connectivity index (χ0) is 8.77. The molecule has 0 spiro atoms. The monoisotopic (exact) mass is 168 g/mol. The number of hydrogen-bond donors (Lipinski definition) is 0. The highest BCUT2D eigenvalue weighted by atomic mass is 16.7. The topological polar surface area (TPSA) is 18.5 Å². The van der Waals surface area contributed by atoms with Crippen LogP contribution in [-0.4, -0.2) is 18.5 Å². The Bertz CT molecular complexity index is 212. The molecule has 12 heavy (non-hydrogen) atoms. The quantitative estimate of drug-likeness (QED) is 0.558. The number of hydrogen-bond acceptors (Lipinski definition) is 2. The molecule has 0 aliphatic carbocycles. The van der Waals surface area contributed by atoms with E-state index < -0.39 is 5.79 Å². The van der Waals surface area contributed by atoms with Crippen LogP contribution in [0.25, 0.3) is 0 Å². The van der Waals surface area contributed by atoms with Crippen molar-refractivity contribution in [3.8, 4) is 0 Å². The van der Waals surface area contributed by atoms with E-state index in [0.717, 1.165) is 25.0 Å². The highest BCUT2D eigenvalue weighted by Crippen LogP contribution is 2.43. The molecule has 68 valence electrons. The zero-order valence-electron chi connectivity index (χ0n) is 7.80. The third kappa shape index (κ3) is 0.947. The molecular weight excluding hydrogens is 152 g/mol. The Balaban J connectivity index is 2.24. The van der Waals surface area contributed by atoms with E-state index in [9.17, 15) is 0 Å². The van der Waals surface area contributed by atoms with Crippen molar-refractivity contribution >= 4 is 0 Å². The molecule has 0 aromatic rings. The Labute approximate surface area is 73.5 Å². The third-order valence-electron chi connectivity index (χ3n) is 3.03. The van der Waals surface area contributed by atoms with Gasteiger partial charge in [0.15, 0.2) is 5.79 Å². The highest BCUT2D eigenvalue weighted by Gasteiger charge is 2.48. The van der Waals surface area contributed by atoms with E-state index in [0.29, 0.717) is 12.0 Å². The lowest BCUT2D eigenvalue weighted by Crippen LogP contribution is -2.38. The summed E-state index contributed by atoms with van der Waals surface area (Å²) in [7, 11) is 0. The normalized spacial score (nSPS) is 46.7. The first kappa shape index (κ1) is 8.27. The van der Waals surface area contributed by atoms with Crippen molar-refractivity contribution in [2.24, 2.45) is 5.92 Å². The average molecular weight is 168 g/mol. The Kier molecular flexibility index (Phi) is 1.77. The summed E-state index contributed by atoms with van der Waals surface area (Å²) in [5.74, 6) is 0.150. The third-order valence-corrected chi connectivity index (χ3v) is 3.03. The van der Waals surface area contributed by atoms with E-state index >= 15 is 0 Å². The molecule has 2 bridgehead atoms. The van der Waals surface area contributed by atoms with Gasteiger partial charge in [0.2, 0.25) is 0 Å². The van der Waals surface area contributed by atoms with Gasteiger partial charge in [0.25, 0.3) is 0 Å². The molecule has 0 N–H and O–H groups in total. The van der Waals surface area contributed by atoms with Gasteiger partial charge in [-0.3, -0.25) is 0 Å². The first-order chi connectivity index (χ1) is 5.68. The Hall–Kier alpha value is -0.340. The van der Waals surface area contributed by atoms with Crippen molar-refractivity contribution in [3.05, 3.63) is 12.2 Å². The van der Waals surface area contributed by atoms with Crippen LogP contribution in [0.1, 0.15) is 26.7 Å². The second-order valence-electron chi connectivity index (χ2n) is 3.86. The van der Waals surface area contributed by atoms with Crippen molar-refractivity contribution < 1.29 is 9.47 Å². The molecule has 2 saturated heterocycles. The fourth-order valence-corrected chi connectivity index (χ4v) is 2.11. The fraction of sp³-hybridized carbons (Fsp3) is 0.800. The minimum atomic E-state index is -0.419. The molecule has 0 aromatic heterocycles. The lowest BCUT2D eigenvalue weighted by Gasteiger charge is -2.35. The van der Waals surface area contributed by atoms with E-state index in [1.165, 1.54) is 0 Å². The number of ether oxygens (including phenoxy) is 2. The summed E-state index contributed by atoms with van der Waals surface area (Å²) >= 11 is 0. The molecule has 2 aliphatic rings. The number of rotatable bonds is 1. The van der Waals surface area contributed by atoms with Crippen LogP contribution < -0.4 is 0 Å². The van der Waals surface area contributed by atoms with Gasteiger partial charge in [-0.15, -0.1) is 0 Å². The first-order valence-corrected chi connectivity index (χ1v) is 4.68. The molecule has 0 aromatic carbocycles. The molecule has 2 heterocycles. The minimum absolute atomic E-state index is 0.301. The lowest BCUT2D eigenvalue weighted by atomic mass is 9.89. The molecular formula is C10H16O2. The molecule has 0 saturated carbocycles. The molecule has 3 atom stereocenters. The molecule has 0 unspecified atom stereocenters. The maximum Gasteiger partial charge on any atom is 0.190 e. The van der Waals surface area contributed by atoms with Gasteiger partial charge < -0.3 is 9.47 Å². The molecule has 0 amide bonds. The first-order valence-electron chi connectivity index (χ1n) is 4.68. The van der Waals surface area contributed by atoms with Crippen LogP contribution >= 0.6 is 0 Å². The summed E-state index contributed by atoms with van der Waals surface area (Å²) in [5, 5.41) is 0. The van der Waals surface area contributed by atoms with Crippen LogP contribution in [0, 0.1) is 5.92 Å². The Morgan fingerprint density at radius 3 is 3.08 bits per heavy atom. The van der Waals surface area contributed by atoms with Crippen molar-refractivity contribution in [2.45, 2.75) is 38.6 Å². The summed E-state index contributed by atoms with van der Waals surface area (Å²) in [5.41, 5.74) is 1.12. The molecule has 0 radical (unpaired) electrons. The summed E-state index contributed by atoms with van der Waals surface area (Å²) in [4.78, 5) is 0. The van der Waals surface area contributed by atoms with Gasteiger partial charge in [-0.05, 0) is 17.9 Å². The fourth-order valence-electron chi connectivity index (χ4n) is 2.11. The van der Waals surface area contributed by atoms with Crippen LogP contribution in [-0.2, 0) is 9.47 Å². The van der Waals surface area contributed by atoms with E-state index in [-0.39, 0.29) is 0 Å². The van der Waals surface area contributed by atoms with Gasteiger partial charge in [-0.25, -0.2) is 0 Å². The zero-order valence-corrected chi connectivity index (χ0v) is 7.80. The van der Waals surface area contributed by atoms with Gasteiger partial charge in [-0.1, -0.05) is 20.4 Å². The van der Waals surface area contributed by atoms with Crippen molar-refractivity contribution in [1.29, 1.82) is 0 Å². The molecule has 2 nitrogen and oxygen atoms in total. The minimum Gasteiger partial charge on any atom is -0.343 e. The van der Waals surface area contributed by atoms with Crippen molar-refractivity contribution in [3.63, 3.8) is 0 Å². The number of fused-ring (bicyclic) bond motifs is 2. The summed E-state index contributed by atoms with van der Waals surface area (Å²) in [6.07, 6.45) is 2.24. The smallest absolute Gasteiger partial charge is 0.190 e. The maximum atomic E-state index is 5.84. The SMILES string of the molecule is C=C1C[C@@H](C)[C@@H]2CO[C@@]1(CC)O2. The van der Waals surface area contributed by atoms with E-state index in [1.807, 2.05) is 0 Å². The highest BCUT2D eigenvalue weighted by molar-refractivity contribution is 5.15. The summed E-state index contributed by atoms with van der Waals surface area (Å²) < 4.78 is 11.5. The summed E-state index contributed by atoms with van der Waals surface area (Å²) in [6, 6.07) is 0. The Morgan fingerprint density at radius 1 is 1.67 bits per heavy atom. The second-order valence-corrected chi connectivity index (χ2v) is 3.86. The van der Waals surface area contributed by atoms with Gasteiger partial charge in [-0.2, -0.15) is 0 Å². The van der Waals surface area contributed by atoms with E-state index in [4.69, 9.17) is 9.47 Å². The predicted octanol–water partition coefficient (Wildman–Crippen LogP) is 2.10. The van der Waals surface area contributed by atoms with Gasteiger partial charge in [0.1, 0.15) is 0 Å². The van der Waals surface area contributed by atoms with Crippen LogP contribution in [0.3, 0.4) is 0 Å². The molecule has 2 fully saturated rings. The van der Waals surface area contributed by atoms with Gasteiger partial charge >= 0.3 is 0 Å². The van der Waals surface area contributed by atoms with Crippen LogP contribution in [0.4, 0.5) is 0 Å². The molecule has 2 aliphatic heterocycles. The van der Waals surface area contributed by atoms with Crippen LogP contribution in [0.5, 0.6) is 0 Å². The Morgan fingerprint density at radius 2 is 2.42 bits per heavy atom. The van der Waals surface area contributed by atoms with Crippen LogP contribution in [0.2, 0.25) is 0 Å². The molecule has 2 heteroatoms. The van der Waals surface area contributed by atoms with Crippen molar-refractivity contribution in [1.82, 2.24) is 0 Å². The van der Waals surface area contributed by atoms with Crippen molar-refractivity contribution in [2.75, 3.05) is 6.61 Å². The lowest BCUT2D eigenvalue weighted by molar-refractivity contribution is -0.161. The average Bonchev–Trinajstić information content (AvgIpc) is 2.44. The van der Waals surface area contributed by atoms with Gasteiger partial charge in [0.05, 0.1) is 12.7 Å². The molecule has 2 rings (SSSR count). The second kappa shape index (κ2) is 2.57. The van der Waals surface area contributed by atoms with Gasteiger partial charge in [0, 0.05) is 6.42 Å². The summed E-state index contributed by atoms with van der Waals surface area (Å²) in [6.45, 7) is 9.07. The van der Waals surface area contributed by atoms with E-state index in [1.54, 1.807) is 0 Å². The van der Waals surface area contributed by atoms with Crippen LogP contribution in [0.15, 0.2) is 12.2 Å². The standard InChI is InChI=1S/C10H16O2/c1-4-10-8(3)5-7(2)9(12-10)6-11-10/h7,9H,3-6H2,1-2H3/t7-,9+,10+/m1/s1. The predicted molar refractivity (Wildman–Crippen MR) is 46.8 cm³/mol. The largest absolute Gasteiger partial charge is 0.343 e. The van der Waals surface area contributed by atoms with E-state index in [2.05, 4.69) is 20.4 Å². The maximum absolute atomic E-state index is 5.84.